The maximum Gasteiger partial charge on any atom is 0.403 e. The van der Waals surface area contributed by atoms with Gasteiger partial charge in [0.05, 0.1) is 0 Å². The molecule has 1 rings (SSSR count). The van der Waals surface area contributed by atoms with Crippen molar-refractivity contribution in [3.8, 4) is 0 Å². The summed E-state index contributed by atoms with van der Waals surface area (Å²) >= 11 is 0. The molecule has 1 aliphatic rings. The summed E-state index contributed by atoms with van der Waals surface area (Å²) in [5, 5.41) is 2.26. The lowest BCUT2D eigenvalue weighted by molar-refractivity contribution is -0.169. The molecule has 0 amide bonds. The molecule has 9 heavy (non-hydrogen) atoms. The van der Waals surface area contributed by atoms with Crippen LogP contribution in [0.4, 0.5) is 13.2 Å². The van der Waals surface area contributed by atoms with E-state index in [-0.39, 0.29) is 18.8 Å². The van der Waals surface area contributed by atoms with Crippen LogP contribution in [0.5, 0.6) is 0 Å². The average molecular weight is 162 g/mol. The van der Waals surface area contributed by atoms with Gasteiger partial charge in [-0.05, 0) is 13.0 Å². The van der Waals surface area contributed by atoms with Crippen LogP contribution in [0.15, 0.2) is 0 Å². The highest BCUT2D eigenvalue weighted by Crippen LogP contribution is 2.25. The van der Waals surface area contributed by atoms with E-state index in [1.165, 1.54) is 0 Å². The van der Waals surface area contributed by atoms with E-state index in [0.29, 0.717) is 6.54 Å². The molecule has 1 fully saturated rings. The van der Waals surface area contributed by atoms with Crippen molar-refractivity contribution < 1.29 is 13.2 Å². The second-order valence-corrected chi connectivity index (χ2v) is 1.84. The maximum absolute atomic E-state index is 11.4. The van der Waals surface area contributed by atoms with E-state index in [0.717, 1.165) is 0 Å². The van der Waals surface area contributed by atoms with Gasteiger partial charge >= 0.3 is 6.18 Å². The molecule has 0 aromatic heterocycles. The topological polar surface area (TPSA) is 12.0 Å². The minimum Gasteiger partial charge on any atom is -0.306 e. The van der Waals surface area contributed by atoms with Crippen LogP contribution in [-0.4, -0.2) is 18.8 Å². The molecular formula is C4H7ClF3N. The highest BCUT2D eigenvalue weighted by Gasteiger charge is 2.42. The molecule has 1 N–H and O–H groups in total. The van der Waals surface area contributed by atoms with Gasteiger partial charge in [0.15, 0.2) is 0 Å². The Bertz CT molecular complexity index is 88.3. The van der Waals surface area contributed by atoms with Crippen LogP contribution in [0.3, 0.4) is 0 Å². The van der Waals surface area contributed by atoms with Gasteiger partial charge in [-0.15, -0.1) is 12.4 Å². The Hall–Kier alpha value is 0.0400. The van der Waals surface area contributed by atoms with Crippen LogP contribution in [0.1, 0.15) is 6.42 Å². The Morgan fingerprint density at radius 1 is 1.33 bits per heavy atom. The largest absolute Gasteiger partial charge is 0.403 e. The van der Waals surface area contributed by atoms with Crippen LogP contribution in [0, 0.1) is 0 Å². The number of alkyl halides is 3. The zero-order valence-electron chi connectivity index (χ0n) is 4.53. The fraction of sp³-hybridized carbons (Fsp3) is 1.00. The predicted octanol–water partition coefficient (Wildman–Crippen LogP) is 1.33. The van der Waals surface area contributed by atoms with Crippen molar-refractivity contribution in [2.24, 2.45) is 0 Å². The number of hydrogen-bond donors (Lipinski definition) is 1. The molecule has 0 aliphatic carbocycles. The van der Waals surface area contributed by atoms with Crippen molar-refractivity contribution >= 4 is 12.4 Å². The van der Waals surface area contributed by atoms with E-state index < -0.39 is 12.2 Å². The number of nitrogens with one attached hydrogen (secondary N) is 1. The Balaban J connectivity index is 0.000000640. The van der Waals surface area contributed by atoms with E-state index in [2.05, 4.69) is 5.32 Å². The molecule has 0 saturated carbocycles. The number of halogens is 4. The first-order chi connectivity index (χ1) is 3.61. The van der Waals surface area contributed by atoms with Gasteiger partial charge in [-0.2, -0.15) is 13.2 Å². The Labute approximate surface area is 57.0 Å². The van der Waals surface area contributed by atoms with Crippen molar-refractivity contribution in [2.45, 2.75) is 18.6 Å². The first-order valence-electron chi connectivity index (χ1n) is 2.41. The molecule has 0 aromatic carbocycles. The zero-order valence-corrected chi connectivity index (χ0v) is 5.35. The molecule has 1 aliphatic heterocycles. The highest BCUT2D eigenvalue weighted by molar-refractivity contribution is 5.85. The lowest BCUT2D eigenvalue weighted by Gasteiger charge is -2.29. The molecule has 0 aromatic rings. The van der Waals surface area contributed by atoms with Gasteiger partial charge in [0, 0.05) is 0 Å². The Kier molecular flexibility index (Phi) is 2.76. The fourth-order valence-corrected chi connectivity index (χ4v) is 0.568. The summed E-state index contributed by atoms with van der Waals surface area (Å²) < 4.78 is 34.3. The zero-order chi connectivity index (χ0) is 6.20. The molecule has 5 heteroatoms. The summed E-state index contributed by atoms with van der Waals surface area (Å²) in [5.41, 5.74) is 0. The maximum atomic E-state index is 11.4. The lowest BCUT2D eigenvalue weighted by atomic mass is 10.1. The molecule has 56 valence electrons. The van der Waals surface area contributed by atoms with Gasteiger partial charge in [0.1, 0.15) is 6.04 Å². The highest BCUT2D eigenvalue weighted by atomic mass is 35.5. The number of hydrogen-bond acceptors (Lipinski definition) is 1. The molecule has 1 atom stereocenters. The lowest BCUT2D eigenvalue weighted by Crippen LogP contribution is -2.52. The van der Waals surface area contributed by atoms with E-state index >= 15 is 0 Å². The first-order valence-corrected chi connectivity index (χ1v) is 2.41. The minimum atomic E-state index is -4.02. The van der Waals surface area contributed by atoms with Crippen molar-refractivity contribution in [1.82, 2.24) is 5.32 Å². The van der Waals surface area contributed by atoms with Crippen molar-refractivity contribution in [3.63, 3.8) is 0 Å². The standard InChI is InChI=1S/C4H6F3N.ClH/c5-4(6,7)3-1-2-8-3;/h3,8H,1-2H2;1H. The Morgan fingerprint density at radius 3 is 1.78 bits per heavy atom. The van der Waals surface area contributed by atoms with E-state index in [9.17, 15) is 13.2 Å². The van der Waals surface area contributed by atoms with Crippen molar-refractivity contribution in [3.05, 3.63) is 0 Å². The fourth-order valence-electron chi connectivity index (χ4n) is 0.568. The normalized spacial score (nSPS) is 26.3. The number of rotatable bonds is 0. The van der Waals surface area contributed by atoms with Crippen molar-refractivity contribution in [2.75, 3.05) is 6.54 Å². The van der Waals surface area contributed by atoms with E-state index in [1.54, 1.807) is 0 Å². The van der Waals surface area contributed by atoms with Crippen LogP contribution < -0.4 is 5.32 Å². The van der Waals surface area contributed by atoms with Gasteiger partial charge in [0.2, 0.25) is 0 Å². The molecule has 1 nitrogen and oxygen atoms in total. The SMILES string of the molecule is Cl.FC(F)(F)C1CCN1. The Morgan fingerprint density at radius 2 is 1.78 bits per heavy atom. The molecule has 0 spiro atoms. The van der Waals surface area contributed by atoms with Gasteiger partial charge in [-0.1, -0.05) is 0 Å². The molecule has 0 bridgehead atoms. The quantitative estimate of drug-likeness (QED) is 0.565. The second kappa shape index (κ2) is 2.75. The van der Waals surface area contributed by atoms with Gasteiger partial charge in [0.25, 0.3) is 0 Å². The summed E-state index contributed by atoms with van der Waals surface area (Å²) in [7, 11) is 0. The van der Waals surface area contributed by atoms with Gasteiger partial charge in [-0.25, -0.2) is 0 Å². The van der Waals surface area contributed by atoms with Crippen LogP contribution in [0.25, 0.3) is 0 Å². The van der Waals surface area contributed by atoms with Crippen LogP contribution in [-0.2, 0) is 0 Å². The molecule has 0 radical (unpaired) electrons. The average Bonchev–Trinajstić information content (AvgIpc) is 1.16. The third-order valence-corrected chi connectivity index (χ3v) is 1.22. The van der Waals surface area contributed by atoms with Crippen molar-refractivity contribution in [1.29, 1.82) is 0 Å². The first kappa shape index (κ1) is 9.04. The molecule has 1 heterocycles. The summed E-state index contributed by atoms with van der Waals surface area (Å²) in [6, 6.07) is -1.22. The smallest absolute Gasteiger partial charge is 0.306 e. The monoisotopic (exact) mass is 161 g/mol. The summed E-state index contributed by atoms with van der Waals surface area (Å²) in [6.07, 6.45) is -3.78. The molecule has 1 unspecified atom stereocenters. The van der Waals surface area contributed by atoms with Crippen LogP contribution >= 0.6 is 12.4 Å². The van der Waals surface area contributed by atoms with E-state index in [4.69, 9.17) is 0 Å². The van der Waals surface area contributed by atoms with Gasteiger partial charge in [-0.3, -0.25) is 0 Å². The molecule has 1 saturated heterocycles. The summed E-state index contributed by atoms with van der Waals surface area (Å²) in [6.45, 7) is 0.504. The summed E-state index contributed by atoms with van der Waals surface area (Å²) in [5.74, 6) is 0. The third kappa shape index (κ3) is 2.02. The predicted molar refractivity (Wildman–Crippen MR) is 29.7 cm³/mol. The van der Waals surface area contributed by atoms with Gasteiger partial charge < -0.3 is 5.32 Å². The minimum absolute atomic E-state index is 0. The third-order valence-electron chi connectivity index (χ3n) is 1.22. The molecular weight excluding hydrogens is 154 g/mol. The summed E-state index contributed by atoms with van der Waals surface area (Å²) in [4.78, 5) is 0. The van der Waals surface area contributed by atoms with Crippen LogP contribution in [0.2, 0.25) is 0 Å². The second-order valence-electron chi connectivity index (χ2n) is 1.84. The van der Waals surface area contributed by atoms with E-state index in [1.807, 2.05) is 0 Å².